The summed E-state index contributed by atoms with van der Waals surface area (Å²) in [5, 5.41) is 11.5. The molecule has 1 rings (SSSR count). The molecule has 0 aromatic heterocycles. The van der Waals surface area contributed by atoms with Crippen LogP contribution in [-0.4, -0.2) is 23.0 Å². The van der Waals surface area contributed by atoms with E-state index in [1.54, 1.807) is 24.3 Å². The second kappa shape index (κ2) is 6.79. The summed E-state index contributed by atoms with van der Waals surface area (Å²) in [6, 6.07) is 7.22. The third-order valence-electron chi connectivity index (χ3n) is 2.83. The van der Waals surface area contributed by atoms with Crippen LogP contribution >= 0.6 is 0 Å². The minimum absolute atomic E-state index is 0.0888. The Morgan fingerprint density at radius 1 is 1.28 bits per heavy atom. The Bertz CT molecular complexity index is 412. The summed E-state index contributed by atoms with van der Waals surface area (Å²) >= 11 is 0. The summed E-state index contributed by atoms with van der Waals surface area (Å²) in [4.78, 5) is 22.2. The van der Waals surface area contributed by atoms with E-state index in [0.717, 1.165) is 12.0 Å². The maximum Gasteiger partial charge on any atom is 0.303 e. The first kappa shape index (κ1) is 14.2. The number of hydrogen-bond donors (Lipinski definition) is 2. The molecule has 18 heavy (non-hydrogen) atoms. The van der Waals surface area contributed by atoms with Gasteiger partial charge in [-0.3, -0.25) is 9.59 Å². The highest BCUT2D eigenvalue weighted by Gasteiger charge is 2.08. The summed E-state index contributed by atoms with van der Waals surface area (Å²) in [5.74, 6) is -0.900. The van der Waals surface area contributed by atoms with Crippen molar-refractivity contribution in [3.63, 3.8) is 0 Å². The van der Waals surface area contributed by atoms with Crippen molar-refractivity contribution >= 4 is 11.9 Å². The highest BCUT2D eigenvalue weighted by atomic mass is 16.4. The lowest BCUT2D eigenvalue weighted by Gasteiger charge is -2.11. The molecule has 4 nitrogen and oxygen atoms in total. The molecule has 98 valence electrons. The molecule has 0 aliphatic rings. The van der Waals surface area contributed by atoms with Gasteiger partial charge in [0.1, 0.15) is 0 Å². The minimum Gasteiger partial charge on any atom is -0.481 e. The van der Waals surface area contributed by atoms with Gasteiger partial charge in [0, 0.05) is 18.0 Å². The van der Waals surface area contributed by atoms with Gasteiger partial charge in [-0.1, -0.05) is 19.1 Å². The van der Waals surface area contributed by atoms with Crippen LogP contribution in [0.3, 0.4) is 0 Å². The predicted molar refractivity (Wildman–Crippen MR) is 69.6 cm³/mol. The average Bonchev–Trinajstić information content (AvgIpc) is 2.36. The summed E-state index contributed by atoms with van der Waals surface area (Å²) in [7, 11) is 0. The number of aryl methyl sites for hydroxylation is 1. The van der Waals surface area contributed by atoms with Gasteiger partial charge in [-0.25, -0.2) is 0 Å². The molecule has 0 spiro atoms. The van der Waals surface area contributed by atoms with Gasteiger partial charge >= 0.3 is 5.97 Å². The van der Waals surface area contributed by atoms with Gasteiger partial charge in [-0.2, -0.15) is 0 Å². The van der Waals surface area contributed by atoms with Gasteiger partial charge < -0.3 is 10.4 Å². The molecule has 0 bridgehead atoms. The average molecular weight is 249 g/mol. The normalized spacial score (nSPS) is 11.9. The molecule has 0 radical (unpaired) electrons. The molecular weight excluding hydrogens is 230 g/mol. The smallest absolute Gasteiger partial charge is 0.303 e. The van der Waals surface area contributed by atoms with Gasteiger partial charge in [0.15, 0.2) is 0 Å². The van der Waals surface area contributed by atoms with E-state index in [1.807, 2.05) is 13.8 Å². The van der Waals surface area contributed by atoms with Crippen LogP contribution < -0.4 is 5.32 Å². The van der Waals surface area contributed by atoms with Crippen molar-refractivity contribution in [2.75, 3.05) is 0 Å². The molecule has 0 aliphatic carbocycles. The molecule has 1 unspecified atom stereocenters. The van der Waals surface area contributed by atoms with Crippen molar-refractivity contribution in [2.24, 2.45) is 0 Å². The first-order valence-corrected chi connectivity index (χ1v) is 6.14. The van der Waals surface area contributed by atoms with Crippen molar-refractivity contribution in [1.82, 2.24) is 5.32 Å². The van der Waals surface area contributed by atoms with E-state index < -0.39 is 5.97 Å². The van der Waals surface area contributed by atoms with Gasteiger partial charge in [-0.15, -0.1) is 0 Å². The molecule has 1 amide bonds. The monoisotopic (exact) mass is 249 g/mol. The molecule has 1 aromatic rings. The molecule has 1 atom stereocenters. The first-order valence-electron chi connectivity index (χ1n) is 6.14. The number of carboxylic acids is 1. The molecule has 0 fully saturated rings. The fraction of sp³-hybridized carbons (Fsp3) is 0.429. The number of hydrogen-bond acceptors (Lipinski definition) is 2. The standard InChI is InChI=1S/C14H19NO3/c1-3-10(2)15-14(18)12-7-4-11(5-8-12)6-9-13(16)17/h4-5,7-8,10H,3,6,9H2,1-2H3,(H,15,18)(H,16,17). The second-order valence-electron chi connectivity index (χ2n) is 4.37. The molecule has 0 heterocycles. The van der Waals surface area contributed by atoms with E-state index in [0.29, 0.717) is 12.0 Å². The van der Waals surface area contributed by atoms with Crippen LogP contribution in [0.15, 0.2) is 24.3 Å². The van der Waals surface area contributed by atoms with E-state index >= 15 is 0 Å². The molecule has 4 heteroatoms. The quantitative estimate of drug-likeness (QED) is 0.812. The summed E-state index contributed by atoms with van der Waals surface area (Å²) < 4.78 is 0. The van der Waals surface area contributed by atoms with E-state index in [2.05, 4.69) is 5.32 Å². The van der Waals surface area contributed by atoms with Crippen LogP contribution in [0.4, 0.5) is 0 Å². The Hall–Kier alpha value is -1.84. The van der Waals surface area contributed by atoms with Crippen molar-refractivity contribution in [3.8, 4) is 0 Å². The van der Waals surface area contributed by atoms with Crippen LogP contribution in [-0.2, 0) is 11.2 Å². The maximum absolute atomic E-state index is 11.8. The van der Waals surface area contributed by atoms with Crippen molar-refractivity contribution in [3.05, 3.63) is 35.4 Å². The molecule has 0 saturated heterocycles. The fourth-order valence-electron chi connectivity index (χ4n) is 1.48. The molecule has 0 saturated carbocycles. The summed E-state index contributed by atoms with van der Waals surface area (Å²) in [5.41, 5.74) is 1.53. The number of amides is 1. The number of carbonyl (C=O) groups is 2. The van der Waals surface area contributed by atoms with Crippen LogP contribution in [0.5, 0.6) is 0 Å². The first-order chi connectivity index (χ1) is 8.52. The van der Waals surface area contributed by atoms with Crippen molar-refractivity contribution < 1.29 is 14.7 Å². The number of aliphatic carboxylic acids is 1. The zero-order valence-corrected chi connectivity index (χ0v) is 10.8. The van der Waals surface area contributed by atoms with E-state index in [9.17, 15) is 9.59 Å². The molecule has 1 aromatic carbocycles. The minimum atomic E-state index is -0.811. The van der Waals surface area contributed by atoms with Gasteiger partial charge in [0.2, 0.25) is 0 Å². The number of benzene rings is 1. The number of nitrogens with one attached hydrogen (secondary N) is 1. The maximum atomic E-state index is 11.8. The predicted octanol–water partition coefficient (Wildman–Crippen LogP) is 2.23. The van der Waals surface area contributed by atoms with E-state index in [1.165, 1.54) is 0 Å². The Morgan fingerprint density at radius 3 is 2.39 bits per heavy atom. The van der Waals surface area contributed by atoms with E-state index in [4.69, 9.17) is 5.11 Å². The van der Waals surface area contributed by atoms with Crippen molar-refractivity contribution in [1.29, 1.82) is 0 Å². The largest absolute Gasteiger partial charge is 0.481 e. The Morgan fingerprint density at radius 2 is 1.89 bits per heavy atom. The number of rotatable bonds is 6. The third-order valence-corrected chi connectivity index (χ3v) is 2.83. The zero-order valence-electron chi connectivity index (χ0n) is 10.8. The van der Waals surface area contributed by atoms with Crippen LogP contribution in [0.1, 0.15) is 42.6 Å². The number of carbonyl (C=O) groups excluding carboxylic acids is 1. The number of carboxylic acid groups (broad SMARTS) is 1. The fourth-order valence-corrected chi connectivity index (χ4v) is 1.48. The molecule has 0 aliphatic heterocycles. The zero-order chi connectivity index (χ0) is 13.5. The summed E-state index contributed by atoms with van der Waals surface area (Å²) in [6.07, 6.45) is 1.49. The summed E-state index contributed by atoms with van der Waals surface area (Å²) in [6.45, 7) is 3.97. The Kier molecular flexibility index (Phi) is 5.36. The topological polar surface area (TPSA) is 66.4 Å². The van der Waals surface area contributed by atoms with Gasteiger partial charge in [0.25, 0.3) is 5.91 Å². The lowest BCUT2D eigenvalue weighted by Crippen LogP contribution is -2.31. The van der Waals surface area contributed by atoms with Crippen LogP contribution in [0.25, 0.3) is 0 Å². The van der Waals surface area contributed by atoms with Gasteiger partial charge in [0.05, 0.1) is 0 Å². The van der Waals surface area contributed by atoms with Gasteiger partial charge in [-0.05, 0) is 37.5 Å². The third kappa shape index (κ3) is 4.57. The Labute approximate surface area is 107 Å². The highest BCUT2D eigenvalue weighted by Crippen LogP contribution is 2.07. The molecular formula is C14H19NO3. The van der Waals surface area contributed by atoms with Crippen LogP contribution in [0, 0.1) is 0 Å². The second-order valence-corrected chi connectivity index (χ2v) is 4.37. The van der Waals surface area contributed by atoms with Crippen LogP contribution in [0.2, 0.25) is 0 Å². The SMILES string of the molecule is CCC(C)NC(=O)c1ccc(CCC(=O)O)cc1. The lowest BCUT2D eigenvalue weighted by atomic mass is 10.1. The van der Waals surface area contributed by atoms with Crippen molar-refractivity contribution in [2.45, 2.75) is 39.2 Å². The van der Waals surface area contributed by atoms with E-state index in [-0.39, 0.29) is 18.4 Å². The lowest BCUT2D eigenvalue weighted by molar-refractivity contribution is -0.136. The Balaban J connectivity index is 2.59. The highest BCUT2D eigenvalue weighted by molar-refractivity contribution is 5.94. The molecule has 2 N–H and O–H groups in total.